The summed E-state index contributed by atoms with van der Waals surface area (Å²) in [5.41, 5.74) is 2.63. The van der Waals surface area contributed by atoms with Crippen LogP contribution in [0, 0.1) is 0 Å². The average Bonchev–Trinajstić information content (AvgIpc) is 2.88. The second-order valence-electron chi connectivity index (χ2n) is 8.73. The van der Waals surface area contributed by atoms with Crippen LogP contribution >= 0.6 is 0 Å². The van der Waals surface area contributed by atoms with Crippen LogP contribution in [0.5, 0.6) is 5.75 Å². The van der Waals surface area contributed by atoms with E-state index < -0.39 is 22.0 Å². The van der Waals surface area contributed by atoms with Crippen molar-refractivity contribution in [2.75, 3.05) is 14.1 Å². The zero-order valence-electron chi connectivity index (χ0n) is 20.2. The first kappa shape index (κ1) is 25.9. The zero-order chi connectivity index (χ0) is 26.7. The van der Waals surface area contributed by atoms with Gasteiger partial charge in [0.25, 0.3) is 0 Å². The summed E-state index contributed by atoms with van der Waals surface area (Å²) in [5.74, 6) is -1.44. The van der Waals surface area contributed by atoms with Crippen LogP contribution in [0.1, 0.15) is 37.4 Å². The molecule has 4 aromatic rings. The van der Waals surface area contributed by atoms with E-state index in [1.54, 1.807) is 54.6 Å². The normalized spacial score (nSPS) is 11.5. The number of ether oxygens (including phenoxy) is 1. The van der Waals surface area contributed by atoms with Crippen LogP contribution in [0.25, 0.3) is 10.8 Å². The molecule has 0 aliphatic heterocycles. The molecule has 37 heavy (non-hydrogen) atoms. The molecule has 4 aromatic carbocycles. The highest BCUT2D eigenvalue weighted by Gasteiger charge is 2.17. The minimum absolute atomic E-state index is 0.0215. The van der Waals surface area contributed by atoms with Crippen molar-refractivity contribution >= 4 is 32.7 Å². The Morgan fingerprint density at radius 2 is 1.43 bits per heavy atom. The molecule has 0 heterocycles. The van der Waals surface area contributed by atoms with E-state index in [0.717, 1.165) is 20.6 Å². The van der Waals surface area contributed by atoms with Crippen LogP contribution in [0.4, 0.5) is 0 Å². The molecule has 0 fully saturated rings. The molecule has 8 nitrogen and oxygen atoms in total. The number of carbonyl (C=O) groups is 2. The SMILES string of the molecule is CN(C)S(=O)(=O)c1ccc(COC(=O)c2ccc3cc(O)c(Cc4ccc(C(=O)O)cc4)cc3c2)cc1. The number of carbonyl (C=O) groups excluding carboxylic acids is 1. The van der Waals surface area contributed by atoms with Crippen molar-refractivity contribution in [1.29, 1.82) is 0 Å². The fourth-order valence-corrected chi connectivity index (χ4v) is 4.69. The Morgan fingerprint density at radius 1 is 0.811 bits per heavy atom. The summed E-state index contributed by atoms with van der Waals surface area (Å²) in [6, 6.07) is 21.0. The van der Waals surface area contributed by atoms with Gasteiger partial charge in [-0.25, -0.2) is 22.3 Å². The maximum absolute atomic E-state index is 12.7. The van der Waals surface area contributed by atoms with E-state index in [4.69, 9.17) is 9.84 Å². The Labute approximate surface area is 214 Å². The van der Waals surface area contributed by atoms with E-state index in [9.17, 15) is 23.1 Å². The fourth-order valence-electron chi connectivity index (χ4n) is 3.79. The van der Waals surface area contributed by atoms with Crippen LogP contribution in [0.15, 0.2) is 83.8 Å². The van der Waals surface area contributed by atoms with E-state index >= 15 is 0 Å². The van der Waals surface area contributed by atoms with E-state index in [2.05, 4.69) is 0 Å². The number of phenolic OH excluding ortho intramolecular Hbond substituents is 1. The summed E-state index contributed by atoms with van der Waals surface area (Å²) in [4.78, 5) is 23.9. The van der Waals surface area contributed by atoms with E-state index in [1.807, 2.05) is 0 Å². The Hall–Kier alpha value is -4.21. The summed E-state index contributed by atoms with van der Waals surface area (Å²) in [5, 5.41) is 21.0. The van der Waals surface area contributed by atoms with Crippen LogP contribution in [0.2, 0.25) is 0 Å². The highest BCUT2D eigenvalue weighted by atomic mass is 32.2. The van der Waals surface area contributed by atoms with Crippen LogP contribution < -0.4 is 0 Å². The number of sulfonamides is 1. The second kappa shape index (κ2) is 10.4. The van der Waals surface area contributed by atoms with Crippen LogP contribution in [0.3, 0.4) is 0 Å². The Balaban J connectivity index is 1.48. The number of fused-ring (bicyclic) bond motifs is 1. The van der Waals surface area contributed by atoms with Gasteiger partial charge in [-0.3, -0.25) is 0 Å². The molecule has 0 aliphatic carbocycles. The maximum atomic E-state index is 12.7. The maximum Gasteiger partial charge on any atom is 0.338 e. The van der Waals surface area contributed by atoms with Crippen molar-refractivity contribution in [3.8, 4) is 5.75 Å². The van der Waals surface area contributed by atoms with Gasteiger partial charge >= 0.3 is 11.9 Å². The smallest absolute Gasteiger partial charge is 0.338 e. The van der Waals surface area contributed by atoms with E-state index in [0.29, 0.717) is 23.1 Å². The number of aromatic hydroxyl groups is 1. The number of nitrogens with zero attached hydrogens (tertiary/aromatic N) is 1. The van der Waals surface area contributed by atoms with Crippen molar-refractivity contribution in [3.63, 3.8) is 0 Å². The van der Waals surface area contributed by atoms with Gasteiger partial charge in [0.2, 0.25) is 10.0 Å². The number of carboxylic acid groups (broad SMARTS) is 1. The number of hydrogen-bond donors (Lipinski definition) is 2. The molecule has 0 bridgehead atoms. The highest BCUT2D eigenvalue weighted by Crippen LogP contribution is 2.28. The summed E-state index contributed by atoms with van der Waals surface area (Å²) >= 11 is 0. The first-order chi connectivity index (χ1) is 17.5. The second-order valence-corrected chi connectivity index (χ2v) is 10.9. The predicted octanol–water partition coefficient (Wildman–Crippen LogP) is 4.44. The van der Waals surface area contributed by atoms with Crippen LogP contribution in [-0.4, -0.2) is 49.0 Å². The minimum atomic E-state index is -3.54. The van der Waals surface area contributed by atoms with E-state index in [-0.39, 0.29) is 22.8 Å². The average molecular weight is 520 g/mol. The fraction of sp³-hybridized carbons (Fsp3) is 0.143. The third-order valence-corrected chi connectivity index (χ3v) is 7.77. The summed E-state index contributed by atoms with van der Waals surface area (Å²) in [7, 11) is -0.625. The third kappa shape index (κ3) is 5.79. The first-order valence-corrected chi connectivity index (χ1v) is 12.7. The topological polar surface area (TPSA) is 121 Å². The van der Waals surface area contributed by atoms with Crippen LogP contribution in [-0.2, 0) is 27.8 Å². The largest absolute Gasteiger partial charge is 0.508 e. The molecule has 0 aliphatic rings. The summed E-state index contributed by atoms with van der Waals surface area (Å²) in [6.07, 6.45) is 0.385. The minimum Gasteiger partial charge on any atom is -0.508 e. The molecule has 2 N–H and O–H groups in total. The number of hydrogen-bond acceptors (Lipinski definition) is 6. The van der Waals surface area contributed by atoms with Crippen molar-refractivity contribution < 1.29 is 33.0 Å². The molecule has 4 rings (SSSR count). The van der Waals surface area contributed by atoms with Crippen molar-refractivity contribution in [3.05, 3.63) is 107 Å². The molecule has 0 saturated carbocycles. The van der Waals surface area contributed by atoms with Gasteiger partial charge in [0, 0.05) is 20.5 Å². The molecule has 0 saturated heterocycles. The monoisotopic (exact) mass is 519 g/mol. The Morgan fingerprint density at radius 3 is 2.05 bits per heavy atom. The zero-order valence-corrected chi connectivity index (χ0v) is 21.0. The van der Waals surface area contributed by atoms with Gasteiger partial charge in [-0.1, -0.05) is 30.3 Å². The lowest BCUT2D eigenvalue weighted by Gasteiger charge is -2.12. The summed E-state index contributed by atoms with van der Waals surface area (Å²) < 4.78 is 30.9. The standard InChI is InChI=1S/C28H25NO7S/c1-29(2)37(34,35)25-11-5-19(6-12-25)17-36-28(33)22-10-9-21-16-26(30)24(15-23(21)14-22)13-18-3-7-20(8-4-18)27(31)32/h3-12,14-16,30H,13,17H2,1-2H3,(H,31,32). The van der Waals surface area contributed by atoms with Gasteiger partial charge < -0.3 is 14.9 Å². The van der Waals surface area contributed by atoms with Crippen molar-refractivity contribution in [1.82, 2.24) is 4.31 Å². The summed E-state index contributed by atoms with van der Waals surface area (Å²) in [6.45, 7) is -0.0215. The molecule has 190 valence electrons. The molecule has 0 radical (unpaired) electrons. The van der Waals surface area contributed by atoms with Gasteiger partial charge in [0.05, 0.1) is 16.0 Å². The van der Waals surface area contributed by atoms with Crippen molar-refractivity contribution in [2.45, 2.75) is 17.9 Å². The van der Waals surface area contributed by atoms with E-state index in [1.165, 1.54) is 38.4 Å². The molecule has 0 atom stereocenters. The number of phenols is 1. The van der Waals surface area contributed by atoms with Gasteiger partial charge in [-0.2, -0.15) is 0 Å². The Bertz CT molecular complexity index is 1580. The molecular weight excluding hydrogens is 494 g/mol. The lowest BCUT2D eigenvalue weighted by Crippen LogP contribution is -2.22. The first-order valence-electron chi connectivity index (χ1n) is 11.3. The molecule has 0 spiro atoms. The quantitative estimate of drug-likeness (QED) is 0.330. The van der Waals surface area contributed by atoms with Gasteiger partial charge in [0.1, 0.15) is 12.4 Å². The highest BCUT2D eigenvalue weighted by molar-refractivity contribution is 7.89. The number of rotatable bonds is 8. The number of aromatic carboxylic acids is 1. The molecular formula is C28H25NO7S. The lowest BCUT2D eigenvalue weighted by atomic mass is 9.98. The number of carboxylic acids is 1. The van der Waals surface area contributed by atoms with Gasteiger partial charge in [0.15, 0.2) is 0 Å². The van der Waals surface area contributed by atoms with Gasteiger partial charge in [-0.15, -0.1) is 0 Å². The van der Waals surface area contributed by atoms with Crippen molar-refractivity contribution in [2.24, 2.45) is 0 Å². The molecule has 9 heteroatoms. The molecule has 0 aromatic heterocycles. The Kier molecular flexibility index (Phi) is 7.28. The third-order valence-electron chi connectivity index (χ3n) is 5.94. The molecule has 0 amide bonds. The lowest BCUT2D eigenvalue weighted by molar-refractivity contribution is 0.0472. The number of benzene rings is 4. The molecule has 0 unspecified atom stereocenters. The predicted molar refractivity (Wildman–Crippen MR) is 138 cm³/mol. The van der Waals surface area contributed by atoms with Gasteiger partial charge in [-0.05, 0) is 76.0 Å². The number of esters is 1.